The van der Waals surface area contributed by atoms with Crippen molar-refractivity contribution in [3.8, 4) is 0 Å². The molecule has 0 aromatic carbocycles. The zero-order valence-corrected chi connectivity index (χ0v) is 15.4. The Balaban J connectivity index is 1.99. The van der Waals surface area contributed by atoms with Crippen LogP contribution >= 0.6 is 0 Å². The van der Waals surface area contributed by atoms with Crippen LogP contribution in [-0.2, 0) is 19.2 Å². The first kappa shape index (κ1) is 19.6. The summed E-state index contributed by atoms with van der Waals surface area (Å²) < 4.78 is 0. The molecule has 0 aromatic rings. The van der Waals surface area contributed by atoms with Crippen molar-refractivity contribution in [2.45, 2.75) is 69.7 Å². The molecule has 0 aromatic heterocycles. The Kier molecular flexibility index (Phi) is 5.38. The maximum Gasteiger partial charge on any atom is 0.305 e. The normalized spacial score (nSPS) is 33.5. The molecule has 3 heterocycles. The summed E-state index contributed by atoms with van der Waals surface area (Å²) in [4.78, 5) is 52.5. The van der Waals surface area contributed by atoms with Crippen LogP contribution in [0.15, 0.2) is 0 Å². The zero-order chi connectivity index (χ0) is 19.9. The summed E-state index contributed by atoms with van der Waals surface area (Å²) in [6, 6.07) is -3.35. The number of carboxylic acid groups (broad SMARTS) is 1. The van der Waals surface area contributed by atoms with E-state index in [4.69, 9.17) is 5.11 Å². The lowest BCUT2D eigenvalue weighted by atomic mass is 10.0. The van der Waals surface area contributed by atoms with Gasteiger partial charge in [-0.15, -0.1) is 0 Å². The van der Waals surface area contributed by atoms with E-state index in [0.717, 1.165) is 0 Å². The molecule has 10 heteroatoms. The van der Waals surface area contributed by atoms with Gasteiger partial charge in [0.25, 0.3) is 5.91 Å². The van der Waals surface area contributed by atoms with Crippen molar-refractivity contribution in [2.24, 2.45) is 5.92 Å². The Morgan fingerprint density at radius 3 is 2.63 bits per heavy atom. The van der Waals surface area contributed by atoms with Gasteiger partial charge in [-0.25, -0.2) is 5.48 Å². The fourth-order valence-corrected chi connectivity index (χ4v) is 4.50. The summed E-state index contributed by atoms with van der Waals surface area (Å²) in [6.07, 6.45) is 1.35. The number of carboxylic acids is 1. The first-order valence-electron chi connectivity index (χ1n) is 9.30. The van der Waals surface area contributed by atoms with Crippen LogP contribution in [-0.4, -0.2) is 80.6 Å². The van der Waals surface area contributed by atoms with Crippen molar-refractivity contribution >= 4 is 23.7 Å². The molecule has 0 unspecified atom stereocenters. The van der Waals surface area contributed by atoms with E-state index in [9.17, 15) is 24.4 Å². The topological polar surface area (TPSA) is 139 Å². The standard InChI is InChI=1S/C17H26N4O6/c1-8(2)6-11-13-14(16(25)19-27)20-5-3-4-10(20)15(24)18-9(7-12(22)23)17(26)21(11)13/h8-11,13-14,27H,3-7H2,1-2H3,(H,18,24)(H,19,25)(H,22,23)/t9-,10+,11-,13+,14-,21?/m0/s1. The largest absolute Gasteiger partial charge is 0.481 e. The number of rotatable bonds is 5. The Hall–Kier alpha value is -2.20. The SMILES string of the molecule is CC(C)C[C@H]1[C@@H]2[C@@H](C(=O)NO)N3CCC[C@@H]3C(=O)N[C@@H](CC(=O)O)C(=O)N21. The minimum absolute atomic E-state index is 0.229. The summed E-state index contributed by atoms with van der Waals surface area (Å²) in [5, 5.41) is 21.0. The number of carbonyl (C=O) groups excluding carboxylic acids is 3. The summed E-state index contributed by atoms with van der Waals surface area (Å²) in [5.41, 5.74) is 1.68. The van der Waals surface area contributed by atoms with Crippen molar-refractivity contribution in [1.29, 1.82) is 0 Å². The van der Waals surface area contributed by atoms with Gasteiger partial charge in [-0.3, -0.25) is 29.3 Å². The van der Waals surface area contributed by atoms with E-state index < -0.39 is 54.3 Å². The number of hydroxylamine groups is 1. The Morgan fingerprint density at radius 1 is 1.33 bits per heavy atom. The summed E-state index contributed by atoms with van der Waals surface area (Å²) >= 11 is 0. The number of nitrogens with one attached hydrogen (secondary N) is 2. The lowest BCUT2D eigenvalue weighted by molar-refractivity contribution is -0.142. The molecule has 3 aliphatic heterocycles. The second-order valence-corrected chi connectivity index (χ2v) is 7.91. The molecule has 27 heavy (non-hydrogen) atoms. The van der Waals surface area contributed by atoms with Crippen LogP contribution in [0.25, 0.3) is 0 Å². The third-order valence-electron chi connectivity index (χ3n) is 5.60. The van der Waals surface area contributed by atoms with E-state index in [1.54, 1.807) is 10.4 Å². The maximum absolute atomic E-state index is 13.0. The van der Waals surface area contributed by atoms with E-state index in [0.29, 0.717) is 25.8 Å². The lowest BCUT2D eigenvalue weighted by Crippen LogP contribution is -2.56. The van der Waals surface area contributed by atoms with Crippen LogP contribution in [0, 0.1) is 5.92 Å². The molecule has 150 valence electrons. The van der Waals surface area contributed by atoms with Gasteiger partial charge in [0.1, 0.15) is 12.1 Å². The van der Waals surface area contributed by atoms with E-state index >= 15 is 0 Å². The molecule has 3 fully saturated rings. The van der Waals surface area contributed by atoms with Crippen molar-refractivity contribution in [1.82, 2.24) is 20.6 Å². The average Bonchev–Trinajstić information content (AvgIpc) is 3.03. The highest BCUT2D eigenvalue weighted by molar-refractivity contribution is 5.96. The molecular weight excluding hydrogens is 356 g/mol. The van der Waals surface area contributed by atoms with Crippen molar-refractivity contribution in [3.63, 3.8) is 0 Å². The van der Waals surface area contributed by atoms with Gasteiger partial charge in [-0.05, 0) is 31.7 Å². The third-order valence-corrected chi connectivity index (χ3v) is 5.60. The van der Waals surface area contributed by atoms with Gasteiger partial charge in [0.05, 0.1) is 24.5 Å². The maximum atomic E-state index is 13.0. The number of fused-ring (bicyclic) bond motifs is 2. The molecule has 0 aliphatic carbocycles. The van der Waals surface area contributed by atoms with Gasteiger partial charge in [0.15, 0.2) is 0 Å². The first-order chi connectivity index (χ1) is 12.8. The molecule has 0 spiro atoms. The first-order valence-corrected chi connectivity index (χ1v) is 9.30. The van der Waals surface area contributed by atoms with Crippen molar-refractivity contribution in [2.75, 3.05) is 6.54 Å². The van der Waals surface area contributed by atoms with Crippen molar-refractivity contribution in [3.05, 3.63) is 0 Å². The fourth-order valence-electron chi connectivity index (χ4n) is 4.50. The number of carbonyl (C=O) groups is 4. The molecule has 3 aliphatic rings. The molecule has 0 saturated carbocycles. The van der Waals surface area contributed by atoms with E-state index in [1.807, 2.05) is 13.8 Å². The summed E-state index contributed by atoms with van der Waals surface area (Å²) in [6.45, 7) is 4.49. The highest BCUT2D eigenvalue weighted by atomic mass is 16.5. The van der Waals surface area contributed by atoms with Crippen LogP contribution in [0.2, 0.25) is 0 Å². The minimum atomic E-state index is -1.18. The molecule has 0 radical (unpaired) electrons. The van der Waals surface area contributed by atoms with Gasteiger partial charge in [-0.1, -0.05) is 13.8 Å². The van der Waals surface area contributed by atoms with Gasteiger partial charge >= 0.3 is 5.97 Å². The second-order valence-electron chi connectivity index (χ2n) is 7.91. The molecule has 3 rings (SSSR count). The van der Waals surface area contributed by atoms with Gasteiger partial charge < -0.3 is 15.3 Å². The van der Waals surface area contributed by atoms with E-state index in [1.165, 1.54) is 4.90 Å². The summed E-state index contributed by atoms with van der Waals surface area (Å²) in [5.74, 6) is -2.51. The number of hydrogen-bond acceptors (Lipinski definition) is 6. The number of aliphatic carboxylic acids is 1. The zero-order valence-electron chi connectivity index (χ0n) is 15.4. The predicted octanol–water partition coefficient (Wildman–Crippen LogP) is -1.08. The highest BCUT2D eigenvalue weighted by Crippen LogP contribution is 2.41. The van der Waals surface area contributed by atoms with Crippen LogP contribution in [0.5, 0.6) is 0 Å². The van der Waals surface area contributed by atoms with Crippen LogP contribution in [0.3, 0.4) is 0 Å². The molecule has 3 saturated heterocycles. The molecular formula is C17H26N4O6. The van der Waals surface area contributed by atoms with E-state index in [-0.39, 0.29) is 12.0 Å². The average molecular weight is 382 g/mol. The van der Waals surface area contributed by atoms with E-state index in [2.05, 4.69) is 5.32 Å². The fraction of sp³-hybridized carbons (Fsp3) is 0.765. The van der Waals surface area contributed by atoms with Crippen LogP contribution < -0.4 is 10.8 Å². The molecule has 5 atom stereocenters. The van der Waals surface area contributed by atoms with Crippen LogP contribution in [0.1, 0.15) is 39.5 Å². The molecule has 4 N–H and O–H groups in total. The van der Waals surface area contributed by atoms with Gasteiger partial charge in [0, 0.05) is 0 Å². The van der Waals surface area contributed by atoms with Crippen molar-refractivity contribution < 1.29 is 29.5 Å². The van der Waals surface area contributed by atoms with Gasteiger partial charge in [-0.2, -0.15) is 0 Å². The summed E-state index contributed by atoms with van der Waals surface area (Å²) in [7, 11) is 0. The third kappa shape index (κ3) is 3.63. The monoisotopic (exact) mass is 382 g/mol. The Bertz CT molecular complexity index is 653. The lowest BCUT2D eigenvalue weighted by Gasteiger charge is -2.30. The second kappa shape index (κ2) is 7.43. The molecule has 10 nitrogen and oxygen atoms in total. The smallest absolute Gasteiger partial charge is 0.305 e. The number of amides is 3. The van der Waals surface area contributed by atoms with Crippen LogP contribution in [0.4, 0.5) is 0 Å². The Labute approximate surface area is 156 Å². The Morgan fingerprint density at radius 2 is 2.04 bits per heavy atom. The minimum Gasteiger partial charge on any atom is -0.481 e. The highest BCUT2D eigenvalue weighted by Gasteiger charge is 2.61. The molecule has 0 bridgehead atoms. The van der Waals surface area contributed by atoms with Gasteiger partial charge in [0.2, 0.25) is 11.8 Å². The quantitative estimate of drug-likeness (QED) is 0.269. The molecule has 3 amide bonds. The number of nitrogens with zero attached hydrogens (tertiary/aromatic N) is 2. The predicted molar refractivity (Wildman–Crippen MR) is 91.5 cm³/mol. The number of hydrogen-bond donors (Lipinski definition) is 4.